The predicted molar refractivity (Wildman–Crippen MR) is 61.4 cm³/mol. The quantitative estimate of drug-likeness (QED) is 0.762. The van der Waals surface area contributed by atoms with Gasteiger partial charge in [-0.2, -0.15) is 0 Å². The van der Waals surface area contributed by atoms with Crippen LogP contribution in [0.2, 0.25) is 0 Å². The van der Waals surface area contributed by atoms with Gasteiger partial charge in [-0.1, -0.05) is 0 Å². The minimum Gasteiger partial charge on any atom is -0.423 e. The zero-order valence-corrected chi connectivity index (χ0v) is 8.83. The molecule has 0 amide bonds. The first-order valence-corrected chi connectivity index (χ1v) is 4.99. The molecule has 0 radical (unpaired) electrons. The summed E-state index contributed by atoms with van der Waals surface area (Å²) in [6.45, 7) is 4.78. The lowest BCUT2D eigenvalue weighted by atomic mass is 10.1. The fraction of sp³-hybridized carbons (Fsp3) is 0.250. The lowest BCUT2D eigenvalue weighted by molar-refractivity contribution is 0.560. The summed E-state index contributed by atoms with van der Waals surface area (Å²) >= 11 is 0. The van der Waals surface area contributed by atoms with Crippen LogP contribution in [0.5, 0.6) is 0 Å². The molecule has 0 bridgehead atoms. The van der Waals surface area contributed by atoms with Gasteiger partial charge in [0.15, 0.2) is 0 Å². The first-order valence-electron chi connectivity index (χ1n) is 4.99. The maximum absolute atomic E-state index is 11.2. The van der Waals surface area contributed by atoms with Crippen molar-refractivity contribution in [1.82, 2.24) is 0 Å². The Bertz CT molecular complexity index is 543. The van der Waals surface area contributed by atoms with Crippen LogP contribution in [0.1, 0.15) is 12.5 Å². The van der Waals surface area contributed by atoms with E-state index in [2.05, 4.69) is 5.32 Å². The van der Waals surface area contributed by atoms with Gasteiger partial charge in [-0.15, -0.1) is 0 Å². The highest BCUT2D eigenvalue weighted by Gasteiger charge is 2.02. The largest absolute Gasteiger partial charge is 0.423 e. The summed E-state index contributed by atoms with van der Waals surface area (Å²) in [4.78, 5) is 11.2. The number of anilines is 1. The van der Waals surface area contributed by atoms with Crippen LogP contribution in [0.15, 0.2) is 33.5 Å². The standard InChI is InChI=1S/C12H13NO2/c1-3-13-9-4-5-10-8(2)6-12(14)15-11(10)7-9/h4-7,13H,3H2,1-2H3. The van der Waals surface area contributed by atoms with E-state index >= 15 is 0 Å². The van der Waals surface area contributed by atoms with E-state index in [0.717, 1.165) is 23.2 Å². The molecule has 78 valence electrons. The summed E-state index contributed by atoms with van der Waals surface area (Å²) in [5.41, 5.74) is 2.26. The van der Waals surface area contributed by atoms with Gasteiger partial charge in [-0.25, -0.2) is 4.79 Å². The minimum atomic E-state index is -0.298. The van der Waals surface area contributed by atoms with Crippen LogP contribution in [0.3, 0.4) is 0 Å². The van der Waals surface area contributed by atoms with Gasteiger partial charge in [-0.05, 0) is 31.5 Å². The van der Waals surface area contributed by atoms with Crippen molar-refractivity contribution in [2.75, 3.05) is 11.9 Å². The molecule has 3 nitrogen and oxygen atoms in total. The van der Waals surface area contributed by atoms with Crippen LogP contribution in [0.25, 0.3) is 11.0 Å². The second kappa shape index (κ2) is 3.77. The molecule has 15 heavy (non-hydrogen) atoms. The zero-order chi connectivity index (χ0) is 10.8. The topological polar surface area (TPSA) is 42.2 Å². The minimum absolute atomic E-state index is 0.298. The Kier molecular flexibility index (Phi) is 2.46. The molecule has 1 N–H and O–H groups in total. The van der Waals surface area contributed by atoms with Crippen molar-refractivity contribution < 1.29 is 4.42 Å². The van der Waals surface area contributed by atoms with Crippen molar-refractivity contribution in [3.05, 3.63) is 40.2 Å². The third-order valence-corrected chi connectivity index (χ3v) is 2.33. The molecule has 0 unspecified atom stereocenters. The second-order valence-electron chi connectivity index (χ2n) is 3.49. The van der Waals surface area contributed by atoms with Crippen molar-refractivity contribution in [3.8, 4) is 0 Å². The van der Waals surface area contributed by atoms with Crippen molar-refractivity contribution >= 4 is 16.7 Å². The van der Waals surface area contributed by atoms with Crippen molar-refractivity contribution in [2.45, 2.75) is 13.8 Å². The number of hydrogen-bond acceptors (Lipinski definition) is 3. The Balaban J connectivity index is 2.65. The van der Waals surface area contributed by atoms with E-state index in [1.807, 2.05) is 32.0 Å². The molecule has 0 aliphatic heterocycles. The molecule has 1 heterocycles. The highest BCUT2D eigenvalue weighted by atomic mass is 16.4. The van der Waals surface area contributed by atoms with Gasteiger partial charge in [0, 0.05) is 29.8 Å². The normalized spacial score (nSPS) is 10.5. The van der Waals surface area contributed by atoms with Gasteiger partial charge in [0.2, 0.25) is 0 Å². The Labute approximate surface area is 87.7 Å². The van der Waals surface area contributed by atoms with E-state index in [1.165, 1.54) is 6.07 Å². The Morgan fingerprint density at radius 3 is 2.87 bits per heavy atom. The van der Waals surface area contributed by atoms with Gasteiger partial charge < -0.3 is 9.73 Å². The monoisotopic (exact) mass is 203 g/mol. The van der Waals surface area contributed by atoms with Crippen molar-refractivity contribution in [1.29, 1.82) is 0 Å². The highest BCUT2D eigenvalue weighted by Crippen LogP contribution is 2.20. The molecule has 0 saturated carbocycles. The lowest BCUT2D eigenvalue weighted by Gasteiger charge is -2.05. The van der Waals surface area contributed by atoms with Crippen LogP contribution >= 0.6 is 0 Å². The summed E-state index contributed by atoms with van der Waals surface area (Å²) in [7, 11) is 0. The number of rotatable bonds is 2. The maximum Gasteiger partial charge on any atom is 0.336 e. The van der Waals surface area contributed by atoms with Crippen LogP contribution in [-0.2, 0) is 0 Å². The van der Waals surface area contributed by atoms with E-state index in [9.17, 15) is 4.79 Å². The predicted octanol–water partition coefficient (Wildman–Crippen LogP) is 2.53. The molecule has 0 atom stereocenters. The summed E-state index contributed by atoms with van der Waals surface area (Å²) in [6.07, 6.45) is 0. The third-order valence-electron chi connectivity index (χ3n) is 2.33. The van der Waals surface area contributed by atoms with E-state index in [0.29, 0.717) is 5.58 Å². The molecule has 0 spiro atoms. The second-order valence-corrected chi connectivity index (χ2v) is 3.49. The summed E-state index contributed by atoms with van der Waals surface area (Å²) < 4.78 is 5.13. The van der Waals surface area contributed by atoms with Gasteiger partial charge in [0.25, 0.3) is 0 Å². The number of hydrogen-bond donors (Lipinski definition) is 1. The van der Waals surface area contributed by atoms with E-state index in [-0.39, 0.29) is 5.63 Å². The van der Waals surface area contributed by atoms with Crippen molar-refractivity contribution in [3.63, 3.8) is 0 Å². The molecule has 3 heteroatoms. The van der Waals surface area contributed by atoms with Gasteiger partial charge >= 0.3 is 5.63 Å². The molecule has 2 aromatic rings. The molecule has 0 aliphatic carbocycles. The Morgan fingerprint density at radius 2 is 2.13 bits per heavy atom. The van der Waals surface area contributed by atoms with Gasteiger partial charge in [0.05, 0.1) is 0 Å². The first kappa shape index (κ1) is 9.77. The van der Waals surface area contributed by atoms with Gasteiger partial charge in [-0.3, -0.25) is 0 Å². The molecular formula is C12H13NO2. The highest BCUT2D eigenvalue weighted by molar-refractivity contribution is 5.83. The van der Waals surface area contributed by atoms with Crippen LogP contribution in [-0.4, -0.2) is 6.54 Å². The third kappa shape index (κ3) is 1.86. The SMILES string of the molecule is CCNc1ccc2c(C)cc(=O)oc2c1. The average molecular weight is 203 g/mol. The smallest absolute Gasteiger partial charge is 0.336 e. The molecular weight excluding hydrogens is 190 g/mol. The Morgan fingerprint density at radius 1 is 1.33 bits per heavy atom. The van der Waals surface area contributed by atoms with E-state index < -0.39 is 0 Å². The fourth-order valence-electron chi connectivity index (χ4n) is 1.64. The number of fused-ring (bicyclic) bond motifs is 1. The molecule has 0 aliphatic rings. The molecule has 0 saturated heterocycles. The van der Waals surface area contributed by atoms with Crippen molar-refractivity contribution in [2.24, 2.45) is 0 Å². The lowest BCUT2D eigenvalue weighted by Crippen LogP contribution is -1.99. The molecule has 2 rings (SSSR count). The number of benzene rings is 1. The van der Waals surface area contributed by atoms with Gasteiger partial charge in [0.1, 0.15) is 5.58 Å². The van der Waals surface area contributed by atoms with Crippen LogP contribution < -0.4 is 10.9 Å². The molecule has 1 aromatic carbocycles. The summed E-state index contributed by atoms with van der Waals surface area (Å²) in [6, 6.07) is 7.31. The summed E-state index contributed by atoms with van der Waals surface area (Å²) in [5, 5.41) is 4.16. The fourth-order valence-corrected chi connectivity index (χ4v) is 1.64. The van der Waals surface area contributed by atoms with Crippen LogP contribution in [0.4, 0.5) is 5.69 Å². The Hall–Kier alpha value is -1.77. The average Bonchev–Trinajstić information content (AvgIpc) is 2.17. The van der Waals surface area contributed by atoms with E-state index in [4.69, 9.17) is 4.42 Å². The van der Waals surface area contributed by atoms with Crippen LogP contribution in [0, 0.1) is 6.92 Å². The maximum atomic E-state index is 11.2. The summed E-state index contributed by atoms with van der Waals surface area (Å²) in [5.74, 6) is 0. The molecule has 0 fully saturated rings. The first-order chi connectivity index (χ1) is 7.20. The number of aryl methyl sites for hydroxylation is 1. The van der Waals surface area contributed by atoms with E-state index in [1.54, 1.807) is 0 Å². The zero-order valence-electron chi connectivity index (χ0n) is 8.83. The molecule has 1 aromatic heterocycles. The number of nitrogens with one attached hydrogen (secondary N) is 1.